The molecule has 4 aromatic carbocycles. The van der Waals surface area contributed by atoms with E-state index in [-0.39, 0.29) is 5.41 Å². The molecule has 0 N–H and O–H groups in total. The topological polar surface area (TPSA) is 7.76 Å². The second kappa shape index (κ2) is 7.14. The molecule has 40 heavy (non-hydrogen) atoms. The maximum atomic E-state index is 2.70. The van der Waals surface area contributed by atoms with Crippen LogP contribution in [0.1, 0.15) is 47.2 Å². The van der Waals surface area contributed by atoms with Crippen LogP contribution in [0.15, 0.2) is 109 Å². The highest BCUT2D eigenvalue weighted by Gasteiger charge is 2.69. The largest absolute Gasteiger partial charge is 0.418 e. The van der Waals surface area contributed by atoms with Crippen molar-refractivity contribution in [3.63, 3.8) is 0 Å². The van der Waals surface area contributed by atoms with Gasteiger partial charge in [0.15, 0.2) is 6.20 Å². The van der Waals surface area contributed by atoms with Crippen molar-refractivity contribution in [2.24, 2.45) is 0 Å². The van der Waals surface area contributed by atoms with E-state index in [1.807, 2.05) is 0 Å². The number of rotatable bonds is 0. The number of nitrogens with zero attached hydrogens (tertiary/aromatic N) is 2. The lowest BCUT2D eigenvalue weighted by Crippen LogP contribution is -2.72. The van der Waals surface area contributed by atoms with Crippen LogP contribution in [-0.4, -0.2) is 0 Å². The minimum absolute atomic E-state index is 0.0997. The van der Waals surface area contributed by atoms with Gasteiger partial charge < -0.3 is 0 Å². The molecule has 0 fully saturated rings. The quantitative estimate of drug-likeness (QED) is 0.184. The molecule has 9 rings (SSSR count). The number of aryl methyl sites for hydroxylation is 2. The van der Waals surface area contributed by atoms with Gasteiger partial charge in [-0.05, 0) is 72.0 Å². The Balaban J connectivity index is 1.60. The van der Waals surface area contributed by atoms with Crippen LogP contribution >= 0.6 is 0 Å². The van der Waals surface area contributed by atoms with Crippen molar-refractivity contribution >= 4 is 10.9 Å². The summed E-state index contributed by atoms with van der Waals surface area (Å²) in [6.45, 7) is 9.32. The zero-order chi connectivity index (χ0) is 27.0. The van der Waals surface area contributed by atoms with Crippen LogP contribution in [-0.2, 0) is 11.1 Å². The Morgan fingerprint density at radius 3 is 2.17 bits per heavy atom. The van der Waals surface area contributed by atoms with Crippen LogP contribution < -0.4 is 9.13 Å². The van der Waals surface area contributed by atoms with Gasteiger partial charge in [0.05, 0.1) is 22.1 Å². The molecule has 0 saturated heterocycles. The van der Waals surface area contributed by atoms with Crippen molar-refractivity contribution in [2.45, 2.75) is 38.8 Å². The second-order valence-corrected chi connectivity index (χ2v) is 12.3. The number of hydrogen-bond acceptors (Lipinski definition) is 0. The normalized spacial score (nSPS) is 18.3. The molecule has 0 saturated carbocycles. The fraction of sp³-hybridized carbons (Fsp3) is 0.158. The molecule has 0 bridgehead atoms. The van der Waals surface area contributed by atoms with Gasteiger partial charge in [-0.1, -0.05) is 68.4 Å². The van der Waals surface area contributed by atoms with Gasteiger partial charge in [0, 0.05) is 23.6 Å². The Bertz CT molecular complexity index is 2120. The Morgan fingerprint density at radius 2 is 1.32 bits per heavy atom. The lowest BCUT2D eigenvalue weighted by Gasteiger charge is -2.24. The van der Waals surface area contributed by atoms with Crippen LogP contribution in [0, 0.1) is 13.8 Å². The molecular weight excluding hydrogens is 484 g/mol. The van der Waals surface area contributed by atoms with Crippen LogP contribution in [0.2, 0.25) is 0 Å². The predicted octanol–water partition coefficient (Wildman–Crippen LogP) is 7.60. The zero-order valence-electron chi connectivity index (χ0n) is 23.3. The van der Waals surface area contributed by atoms with Gasteiger partial charge in [0.1, 0.15) is 11.1 Å². The average molecular weight is 515 g/mol. The smallest absolute Gasteiger partial charge is 0.125 e. The Kier molecular flexibility index (Phi) is 3.98. The molecular formula is C38H30N2+2. The Morgan fingerprint density at radius 1 is 0.625 bits per heavy atom. The van der Waals surface area contributed by atoms with Crippen LogP contribution in [0.25, 0.3) is 44.5 Å². The summed E-state index contributed by atoms with van der Waals surface area (Å²) in [5, 5.41) is 1.34. The summed E-state index contributed by atoms with van der Waals surface area (Å²) in [5.74, 6) is 0. The van der Waals surface area contributed by atoms with Crippen molar-refractivity contribution in [2.75, 3.05) is 0 Å². The highest BCUT2D eigenvalue weighted by Crippen LogP contribution is 2.58. The van der Waals surface area contributed by atoms with E-state index in [4.69, 9.17) is 0 Å². The molecule has 6 aromatic rings. The van der Waals surface area contributed by atoms with E-state index >= 15 is 0 Å². The van der Waals surface area contributed by atoms with Gasteiger partial charge in [-0.2, -0.15) is 0 Å². The van der Waals surface area contributed by atoms with Crippen LogP contribution in [0.4, 0.5) is 0 Å². The molecule has 2 aliphatic heterocycles. The highest BCUT2D eigenvalue weighted by atomic mass is 15.3. The van der Waals surface area contributed by atoms with E-state index in [0.29, 0.717) is 0 Å². The van der Waals surface area contributed by atoms with Crippen LogP contribution in [0.3, 0.4) is 0 Å². The Hall–Kier alpha value is -4.56. The van der Waals surface area contributed by atoms with E-state index in [9.17, 15) is 0 Å². The third kappa shape index (κ3) is 2.31. The fourth-order valence-corrected chi connectivity index (χ4v) is 8.54. The first-order valence-electron chi connectivity index (χ1n) is 14.3. The van der Waals surface area contributed by atoms with Gasteiger partial charge >= 0.3 is 5.66 Å². The minimum Gasteiger partial charge on any atom is -0.125 e. The second-order valence-electron chi connectivity index (χ2n) is 12.3. The molecule has 1 aliphatic carbocycles. The molecule has 0 amide bonds. The summed E-state index contributed by atoms with van der Waals surface area (Å²) >= 11 is 0. The Labute approximate surface area is 234 Å². The standard InChI is InChI=1S/C38H30N2/c1-23-21-24(2)34-28(22-23)31-18-11-12-20-39(31)38(34)30-17-9-6-14-26(30)36-33-25-13-5-8-16-29(25)37(3,4)35(33)27-15-7-10-19-32(27)40(36)38/h5-22H,1-4H3/q+2. The van der Waals surface area contributed by atoms with E-state index < -0.39 is 5.66 Å². The van der Waals surface area contributed by atoms with Crippen molar-refractivity contribution < 1.29 is 9.13 Å². The van der Waals surface area contributed by atoms with E-state index in [2.05, 4.69) is 146 Å². The molecule has 2 nitrogen and oxygen atoms in total. The van der Waals surface area contributed by atoms with Gasteiger partial charge in [-0.25, -0.2) is 0 Å². The maximum Gasteiger partial charge on any atom is 0.418 e. The van der Waals surface area contributed by atoms with Crippen LogP contribution in [0.5, 0.6) is 0 Å². The molecule has 190 valence electrons. The summed E-state index contributed by atoms with van der Waals surface area (Å²) in [6, 6.07) is 38.7. The summed E-state index contributed by atoms with van der Waals surface area (Å²) in [4.78, 5) is 0. The number of pyridine rings is 2. The molecule has 3 aliphatic rings. The van der Waals surface area contributed by atoms with Crippen molar-refractivity contribution in [1.82, 2.24) is 0 Å². The summed E-state index contributed by atoms with van der Waals surface area (Å²) in [5.41, 5.74) is 16.9. The summed E-state index contributed by atoms with van der Waals surface area (Å²) < 4.78 is 5.24. The highest BCUT2D eigenvalue weighted by molar-refractivity contribution is 6.00. The molecule has 0 radical (unpaired) electrons. The van der Waals surface area contributed by atoms with E-state index in [1.54, 1.807) is 0 Å². The first kappa shape index (κ1) is 22.3. The monoisotopic (exact) mass is 514 g/mol. The average Bonchev–Trinajstić information content (AvgIpc) is 3.52. The third-order valence-corrected chi connectivity index (χ3v) is 9.81. The molecule has 1 atom stereocenters. The summed E-state index contributed by atoms with van der Waals surface area (Å²) in [7, 11) is 0. The summed E-state index contributed by atoms with van der Waals surface area (Å²) in [6.07, 6.45) is 2.29. The molecule has 2 aromatic heterocycles. The SMILES string of the molecule is Cc1cc(C)c2c(c1)-c1cccc[n+]1C21c2ccccc2-c2c3c(c4ccccc4[n+]21)C(C)(C)c1ccccc1-3. The number of fused-ring (bicyclic) bond motifs is 17. The number of aromatic nitrogens is 2. The molecule has 1 spiro atoms. The van der Waals surface area contributed by atoms with Gasteiger partial charge in [-0.3, -0.25) is 0 Å². The molecule has 1 unspecified atom stereocenters. The van der Waals surface area contributed by atoms with Crippen molar-refractivity contribution in [1.29, 1.82) is 0 Å². The first-order valence-corrected chi connectivity index (χ1v) is 14.3. The van der Waals surface area contributed by atoms with Gasteiger partial charge in [0.25, 0.3) is 0 Å². The number of benzene rings is 4. The lowest BCUT2D eigenvalue weighted by atomic mass is 9.80. The van der Waals surface area contributed by atoms with Crippen molar-refractivity contribution in [3.05, 3.63) is 143 Å². The van der Waals surface area contributed by atoms with E-state index in [0.717, 1.165) is 0 Å². The van der Waals surface area contributed by atoms with Gasteiger partial charge in [-0.15, -0.1) is 9.13 Å². The zero-order valence-corrected chi connectivity index (χ0v) is 23.3. The third-order valence-electron chi connectivity index (χ3n) is 9.81. The maximum absolute atomic E-state index is 2.70. The van der Waals surface area contributed by atoms with E-state index in [1.165, 1.54) is 77.9 Å². The van der Waals surface area contributed by atoms with Crippen molar-refractivity contribution in [3.8, 4) is 33.6 Å². The predicted molar refractivity (Wildman–Crippen MR) is 160 cm³/mol. The first-order chi connectivity index (χ1) is 19.5. The molecule has 4 heterocycles. The van der Waals surface area contributed by atoms with Gasteiger partial charge in [0.2, 0.25) is 16.9 Å². The minimum atomic E-state index is -0.522. The number of para-hydroxylation sites is 1. The fourth-order valence-electron chi connectivity index (χ4n) is 8.54. The number of hydrogen-bond donors (Lipinski definition) is 0. The molecule has 2 heteroatoms. The lowest BCUT2D eigenvalue weighted by molar-refractivity contribution is -0.944.